The summed E-state index contributed by atoms with van der Waals surface area (Å²) in [5.41, 5.74) is 0.924. The Morgan fingerprint density at radius 2 is 1.81 bits per heavy atom. The zero-order chi connectivity index (χ0) is 18.9. The lowest BCUT2D eigenvalue weighted by Crippen LogP contribution is -2.30. The molecule has 1 atom stereocenters. The van der Waals surface area contributed by atoms with Gasteiger partial charge in [0, 0.05) is 25.3 Å². The first-order valence-electron chi connectivity index (χ1n) is 8.95. The maximum atomic E-state index is 12.4. The summed E-state index contributed by atoms with van der Waals surface area (Å²) in [5, 5.41) is -0.0899. The standard InChI is InChI=1S/C19H29NO5S/c1-5-6-11-25-12-7-10-20-16(21)13-26-19(20)14-8-9-15(22-2)18(24-4)17(14)23-3/h8-9,19H,5-7,10-13H2,1-4H3. The number of rotatable bonds is 11. The number of methoxy groups -OCH3 is 3. The molecule has 2 rings (SSSR count). The van der Waals surface area contributed by atoms with Gasteiger partial charge in [-0.25, -0.2) is 0 Å². The number of thioether (sulfide) groups is 1. The molecule has 1 aromatic carbocycles. The number of hydrogen-bond donors (Lipinski definition) is 0. The normalized spacial score (nSPS) is 16.8. The number of amides is 1. The average molecular weight is 384 g/mol. The van der Waals surface area contributed by atoms with Gasteiger partial charge in [-0.2, -0.15) is 0 Å². The van der Waals surface area contributed by atoms with Crippen LogP contribution < -0.4 is 14.2 Å². The average Bonchev–Trinajstić information content (AvgIpc) is 3.03. The molecule has 6 nitrogen and oxygen atoms in total. The van der Waals surface area contributed by atoms with Crippen LogP contribution in [0.4, 0.5) is 0 Å². The third-order valence-corrected chi connectivity index (χ3v) is 5.54. The van der Waals surface area contributed by atoms with E-state index < -0.39 is 0 Å². The van der Waals surface area contributed by atoms with Crippen LogP contribution >= 0.6 is 11.8 Å². The Kier molecular flexibility index (Phi) is 8.38. The van der Waals surface area contributed by atoms with Gasteiger partial charge in [-0.1, -0.05) is 13.3 Å². The van der Waals surface area contributed by atoms with Crippen molar-refractivity contribution in [3.05, 3.63) is 17.7 Å². The molecule has 1 aliphatic heterocycles. The molecule has 0 N–H and O–H groups in total. The Hall–Kier alpha value is -1.60. The second-order valence-electron chi connectivity index (χ2n) is 5.99. The van der Waals surface area contributed by atoms with Crippen LogP contribution in [0.25, 0.3) is 0 Å². The van der Waals surface area contributed by atoms with E-state index in [1.54, 1.807) is 33.1 Å². The van der Waals surface area contributed by atoms with Crippen molar-refractivity contribution in [2.45, 2.75) is 31.6 Å². The van der Waals surface area contributed by atoms with Crippen molar-refractivity contribution < 1.29 is 23.7 Å². The van der Waals surface area contributed by atoms with Gasteiger partial charge in [0.05, 0.1) is 27.1 Å². The lowest BCUT2D eigenvalue weighted by atomic mass is 10.1. The van der Waals surface area contributed by atoms with Gasteiger partial charge in [0.1, 0.15) is 5.37 Å². The van der Waals surface area contributed by atoms with Crippen LogP contribution in [0.3, 0.4) is 0 Å². The number of unbranched alkanes of at least 4 members (excludes halogenated alkanes) is 1. The fourth-order valence-electron chi connectivity index (χ4n) is 2.96. The van der Waals surface area contributed by atoms with E-state index in [9.17, 15) is 4.79 Å². The summed E-state index contributed by atoms with van der Waals surface area (Å²) in [4.78, 5) is 14.3. The van der Waals surface area contributed by atoms with Gasteiger partial charge in [0.15, 0.2) is 11.5 Å². The summed E-state index contributed by atoms with van der Waals surface area (Å²) in [7, 11) is 4.78. The minimum atomic E-state index is -0.0899. The van der Waals surface area contributed by atoms with E-state index in [1.807, 2.05) is 17.0 Å². The van der Waals surface area contributed by atoms with Crippen molar-refractivity contribution in [2.24, 2.45) is 0 Å². The molecule has 1 aliphatic rings. The Labute approximate surface area is 160 Å². The van der Waals surface area contributed by atoms with Gasteiger partial charge in [-0.05, 0) is 25.0 Å². The maximum absolute atomic E-state index is 12.4. The van der Waals surface area contributed by atoms with E-state index in [4.69, 9.17) is 18.9 Å². The van der Waals surface area contributed by atoms with E-state index in [1.165, 1.54) is 0 Å². The van der Waals surface area contributed by atoms with Crippen LogP contribution in [0.5, 0.6) is 17.2 Å². The highest BCUT2D eigenvalue weighted by Gasteiger charge is 2.35. The highest BCUT2D eigenvalue weighted by Crippen LogP contribution is 2.48. The largest absolute Gasteiger partial charge is 0.493 e. The lowest BCUT2D eigenvalue weighted by molar-refractivity contribution is -0.128. The number of carbonyl (C=O) groups is 1. The third-order valence-electron chi connectivity index (χ3n) is 4.30. The van der Waals surface area contributed by atoms with Crippen molar-refractivity contribution in [1.82, 2.24) is 4.90 Å². The highest BCUT2D eigenvalue weighted by atomic mass is 32.2. The minimum absolute atomic E-state index is 0.0899. The Morgan fingerprint density at radius 3 is 2.46 bits per heavy atom. The molecule has 146 valence electrons. The fourth-order valence-corrected chi connectivity index (χ4v) is 4.19. The molecule has 7 heteroatoms. The van der Waals surface area contributed by atoms with Gasteiger partial charge in [0.2, 0.25) is 11.7 Å². The second-order valence-corrected chi connectivity index (χ2v) is 7.06. The molecule has 1 fully saturated rings. The van der Waals surface area contributed by atoms with E-state index in [0.717, 1.165) is 31.4 Å². The van der Waals surface area contributed by atoms with Crippen molar-refractivity contribution >= 4 is 17.7 Å². The van der Waals surface area contributed by atoms with Gasteiger partial charge in [0.25, 0.3) is 0 Å². The summed E-state index contributed by atoms with van der Waals surface area (Å²) in [6.45, 7) is 4.26. The van der Waals surface area contributed by atoms with Crippen LogP contribution in [0.15, 0.2) is 12.1 Å². The number of ether oxygens (including phenoxy) is 4. The van der Waals surface area contributed by atoms with Gasteiger partial charge in [-0.3, -0.25) is 4.79 Å². The molecule has 0 spiro atoms. The molecule has 0 radical (unpaired) electrons. The van der Waals surface area contributed by atoms with Crippen LogP contribution in [0.2, 0.25) is 0 Å². The quantitative estimate of drug-likeness (QED) is 0.545. The van der Waals surface area contributed by atoms with Crippen LogP contribution in [-0.2, 0) is 9.53 Å². The van der Waals surface area contributed by atoms with Crippen molar-refractivity contribution in [2.75, 3.05) is 46.8 Å². The first kappa shape index (κ1) is 20.7. The monoisotopic (exact) mass is 383 g/mol. The van der Waals surface area contributed by atoms with Crippen LogP contribution in [0.1, 0.15) is 37.1 Å². The molecule has 0 saturated carbocycles. The van der Waals surface area contributed by atoms with E-state index in [0.29, 0.717) is 36.2 Å². The van der Waals surface area contributed by atoms with E-state index >= 15 is 0 Å². The Bertz CT molecular complexity index is 596. The molecular weight excluding hydrogens is 354 g/mol. The van der Waals surface area contributed by atoms with Crippen LogP contribution in [0, 0.1) is 0 Å². The highest BCUT2D eigenvalue weighted by molar-refractivity contribution is 8.00. The van der Waals surface area contributed by atoms with E-state index in [2.05, 4.69) is 6.92 Å². The lowest BCUT2D eigenvalue weighted by Gasteiger charge is -2.26. The molecule has 1 aromatic rings. The smallest absolute Gasteiger partial charge is 0.233 e. The number of hydrogen-bond acceptors (Lipinski definition) is 6. The molecule has 0 bridgehead atoms. The molecule has 1 amide bonds. The zero-order valence-corrected chi connectivity index (χ0v) is 16.9. The van der Waals surface area contributed by atoms with Gasteiger partial charge >= 0.3 is 0 Å². The first-order valence-corrected chi connectivity index (χ1v) is 10.00. The number of benzene rings is 1. The summed E-state index contributed by atoms with van der Waals surface area (Å²) in [5.74, 6) is 2.39. The molecule has 1 unspecified atom stereocenters. The summed E-state index contributed by atoms with van der Waals surface area (Å²) in [6, 6.07) is 3.80. The topological polar surface area (TPSA) is 57.2 Å². The molecular formula is C19H29NO5S. The van der Waals surface area contributed by atoms with Gasteiger partial charge in [-0.15, -0.1) is 11.8 Å². The molecule has 1 heterocycles. The van der Waals surface area contributed by atoms with Crippen molar-refractivity contribution in [3.8, 4) is 17.2 Å². The molecule has 0 aliphatic carbocycles. The Balaban J connectivity index is 2.12. The molecule has 26 heavy (non-hydrogen) atoms. The Morgan fingerprint density at radius 1 is 1.08 bits per heavy atom. The molecule has 0 aromatic heterocycles. The van der Waals surface area contributed by atoms with Gasteiger partial charge < -0.3 is 23.8 Å². The predicted molar refractivity (Wildman–Crippen MR) is 103 cm³/mol. The number of carbonyl (C=O) groups excluding carboxylic acids is 1. The summed E-state index contributed by atoms with van der Waals surface area (Å²) >= 11 is 1.60. The number of nitrogens with zero attached hydrogens (tertiary/aromatic N) is 1. The molecule has 1 saturated heterocycles. The second kappa shape index (κ2) is 10.5. The predicted octanol–water partition coefficient (Wildman–Crippen LogP) is 3.49. The van der Waals surface area contributed by atoms with Crippen molar-refractivity contribution in [3.63, 3.8) is 0 Å². The van der Waals surface area contributed by atoms with Crippen molar-refractivity contribution in [1.29, 1.82) is 0 Å². The first-order chi connectivity index (χ1) is 12.7. The zero-order valence-electron chi connectivity index (χ0n) is 16.1. The SMILES string of the molecule is CCCCOCCCN1C(=O)CSC1c1ccc(OC)c(OC)c1OC. The third kappa shape index (κ3) is 4.76. The summed E-state index contributed by atoms with van der Waals surface area (Å²) in [6.07, 6.45) is 3.02. The van der Waals surface area contributed by atoms with Crippen LogP contribution in [-0.4, -0.2) is 57.6 Å². The fraction of sp³-hybridized carbons (Fsp3) is 0.632. The minimum Gasteiger partial charge on any atom is -0.493 e. The van der Waals surface area contributed by atoms with E-state index in [-0.39, 0.29) is 11.3 Å². The maximum Gasteiger partial charge on any atom is 0.233 e. The summed E-state index contributed by atoms with van der Waals surface area (Å²) < 4.78 is 22.0.